The summed E-state index contributed by atoms with van der Waals surface area (Å²) in [6.07, 6.45) is 3.55. The van der Waals surface area contributed by atoms with Crippen LogP contribution < -0.4 is 0 Å². The Bertz CT molecular complexity index is 683. The molecular weight excluding hydrogens is 318 g/mol. The number of furan rings is 1. The van der Waals surface area contributed by atoms with Crippen LogP contribution in [0.5, 0.6) is 0 Å². The van der Waals surface area contributed by atoms with Crippen molar-refractivity contribution in [3.05, 3.63) is 17.9 Å². The lowest BCUT2D eigenvalue weighted by Crippen LogP contribution is -2.56. The number of fused-ring (bicyclic) bond motifs is 1. The van der Waals surface area contributed by atoms with Crippen molar-refractivity contribution < 1.29 is 17.6 Å². The first-order valence-corrected chi connectivity index (χ1v) is 9.39. The fourth-order valence-electron chi connectivity index (χ4n) is 3.25. The van der Waals surface area contributed by atoms with Crippen LogP contribution in [0.15, 0.2) is 21.6 Å². The van der Waals surface area contributed by atoms with Crippen LogP contribution in [-0.2, 0) is 10.0 Å². The van der Waals surface area contributed by atoms with Crippen molar-refractivity contribution in [2.45, 2.75) is 30.4 Å². The fraction of sp³-hybridized carbons (Fsp3) is 0.667. The molecule has 0 spiro atoms. The summed E-state index contributed by atoms with van der Waals surface area (Å²) in [5.74, 6) is -0.134. The van der Waals surface area contributed by atoms with Gasteiger partial charge in [-0.05, 0) is 31.5 Å². The van der Waals surface area contributed by atoms with E-state index in [1.54, 1.807) is 4.90 Å². The second-order valence-electron chi connectivity index (χ2n) is 6.34. The molecule has 1 aromatic rings. The number of hydrogen-bond acceptors (Lipinski definition) is 5. The summed E-state index contributed by atoms with van der Waals surface area (Å²) in [6, 6.07) is 3.21. The molecule has 7 nitrogen and oxygen atoms in total. The molecule has 23 heavy (non-hydrogen) atoms. The van der Waals surface area contributed by atoms with Gasteiger partial charge in [0.1, 0.15) is 0 Å². The highest BCUT2D eigenvalue weighted by Gasteiger charge is 2.33. The maximum absolute atomic E-state index is 12.6. The smallest absolute Gasteiger partial charge is 0.289 e. The van der Waals surface area contributed by atoms with Crippen LogP contribution in [0.1, 0.15) is 29.8 Å². The second kappa shape index (κ2) is 6.26. The van der Waals surface area contributed by atoms with Crippen molar-refractivity contribution >= 4 is 15.9 Å². The normalized spacial score (nSPS) is 23.1. The molecule has 1 atom stereocenters. The Morgan fingerprint density at radius 3 is 2.74 bits per heavy atom. The molecule has 0 N–H and O–H groups in total. The number of amides is 1. The van der Waals surface area contributed by atoms with Crippen LogP contribution in [0, 0.1) is 0 Å². The molecule has 0 bridgehead atoms. The van der Waals surface area contributed by atoms with Gasteiger partial charge in [0.2, 0.25) is 5.09 Å². The van der Waals surface area contributed by atoms with Crippen LogP contribution in [0.3, 0.4) is 0 Å². The van der Waals surface area contributed by atoms with Gasteiger partial charge in [0.15, 0.2) is 5.76 Å². The number of sulfonamides is 1. The van der Waals surface area contributed by atoms with Gasteiger partial charge in [0.05, 0.1) is 0 Å². The van der Waals surface area contributed by atoms with E-state index in [0.717, 1.165) is 23.8 Å². The van der Waals surface area contributed by atoms with Crippen LogP contribution in [0.25, 0.3) is 0 Å². The Morgan fingerprint density at radius 1 is 1.22 bits per heavy atom. The van der Waals surface area contributed by atoms with Crippen molar-refractivity contribution in [1.29, 1.82) is 0 Å². The van der Waals surface area contributed by atoms with E-state index in [1.165, 1.54) is 39.1 Å². The molecule has 0 saturated carbocycles. The molecule has 0 aliphatic carbocycles. The van der Waals surface area contributed by atoms with Gasteiger partial charge < -0.3 is 9.32 Å². The average molecular weight is 341 g/mol. The lowest BCUT2D eigenvalue weighted by atomic mass is 9.99. The first-order chi connectivity index (χ1) is 10.9. The SMILES string of the molecule is CN(C)S(=O)(=O)c1ccc(C(=O)N2CCN3CCCCC3C2)o1. The van der Waals surface area contributed by atoms with Crippen molar-refractivity contribution in [1.82, 2.24) is 14.1 Å². The van der Waals surface area contributed by atoms with E-state index in [1.807, 2.05) is 0 Å². The van der Waals surface area contributed by atoms with Crippen molar-refractivity contribution in [3.8, 4) is 0 Å². The first-order valence-electron chi connectivity index (χ1n) is 7.95. The van der Waals surface area contributed by atoms with Crippen molar-refractivity contribution in [2.75, 3.05) is 40.3 Å². The molecule has 2 aliphatic heterocycles. The molecule has 128 valence electrons. The zero-order chi connectivity index (χ0) is 16.6. The molecule has 1 unspecified atom stereocenters. The molecule has 0 radical (unpaired) electrons. The molecular formula is C15H23N3O4S. The molecule has 8 heteroatoms. The van der Waals surface area contributed by atoms with E-state index in [-0.39, 0.29) is 16.8 Å². The Kier molecular flexibility index (Phi) is 4.48. The van der Waals surface area contributed by atoms with Gasteiger partial charge in [-0.1, -0.05) is 6.42 Å². The third-order valence-corrected chi connectivity index (χ3v) is 6.34. The summed E-state index contributed by atoms with van der Waals surface area (Å²) in [5.41, 5.74) is 0. The number of carbonyl (C=O) groups excluding carboxylic acids is 1. The zero-order valence-corrected chi connectivity index (χ0v) is 14.4. The summed E-state index contributed by atoms with van der Waals surface area (Å²) < 4.78 is 30.5. The standard InChI is InChI=1S/C15H23N3O4S/c1-16(2)23(20,21)14-7-6-13(22-14)15(19)18-10-9-17-8-4-3-5-12(17)11-18/h6-7,12H,3-5,8-11H2,1-2H3. The third-order valence-electron chi connectivity index (χ3n) is 4.65. The van der Waals surface area contributed by atoms with Gasteiger partial charge in [0, 0.05) is 39.8 Å². The third kappa shape index (κ3) is 3.15. The Labute approximate surface area is 136 Å². The van der Waals surface area contributed by atoms with Crippen molar-refractivity contribution in [2.24, 2.45) is 0 Å². The van der Waals surface area contributed by atoms with Gasteiger partial charge in [-0.25, -0.2) is 12.7 Å². The Balaban J connectivity index is 1.73. The highest BCUT2D eigenvalue weighted by molar-refractivity contribution is 7.88. The number of nitrogens with zero attached hydrogens (tertiary/aromatic N) is 3. The number of piperazine rings is 1. The number of hydrogen-bond donors (Lipinski definition) is 0. The molecule has 3 rings (SSSR count). The maximum Gasteiger partial charge on any atom is 0.289 e. The number of piperidine rings is 1. The molecule has 1 amide bonds. The van der Waals surface area contributed by atoms with E-state index in [0.29, 0.717) is 19.1 Å². The quantitative estimate of drug-likeness (QED) is 0.814. The molecule has 2 aliphatic rings. The predicted molar refractivity (Wildman–Crippen MR) is 84.7 cm³/mol. The lowest BCUT2D eigenvalue weighted by molar-refractivity contribution is 0.0346. The first kappa shape index (κ1) is 16.5. The molecule has 1 aromatic heterocycles. The monoisotopic (exact) mass is 341 g/mol. The average Bonchev–Trinajstić information content (AvgIpc) is 3.04. The Morgan fingerprint density at radius 2 is 2.00 bits per heavy atom. The molecule has 2 fully saturated rings. The molecule has 2 saturated heterocycles. The molecule has 3 heterocycles. The van der Waals surface area contributed by atoms with E-state index in [2.05, 4.69) is 4.90 Å². The summed E-state index contributed by atoms with van der Waals surface area (Å²) >= 11 is 0. The van der Waals surface area contributed by atoms with Crippen LogP contribution in [0.4, 0.5) is 0 Å². The number of carbonyl (C=O) groups is 1. The van der Waals surface area contributed by atoms with E-state index >= 15 is 0 Å². The minimum atomic E-state index is -3.65. The van der Waals surface area contributed by atoms with Crippen LogP contribution >= 0.6 is 0 Å². The zero-order valence-electron chi connectivity index (χ0n) is 13.6. The summed E-state index contributed by atoms with van der Waals surface area (Å²) in [6.45, 7) is 3.33. The summed E-state index contributed by atoms with van der Waals surface area (Å²) in [5, 5.41) is -0.192. The topological polar surface area (TPSA) is 74.1 Å². The number of rotatable bonds is 3. The van der Waals surface area contributed by atoms with Crippen LogP contribution in [-0.4, -0.2) is 74.7 Å². The largest absolute Gasteiger partial charge is 0.438 e. The van der Waals surface area contributed by atoms with Gasteiger partial charge in [-0.15, -0.1) is 0 Å². The van der Waals surface area contributed by atoms with Gasteiger partial charge in [-0.2, -0.15) is 0 Å². The summed E-state index contributed by atoms with van der Waals surface area (Å²) in [4.78, 5) is 16.8. The second-order valence-corrected chi connectivity index (χ2v) is 8.43. The maximum atomic E-state index is 12.6. The predicted octanol–water partition coefficient (Wildman–Crippen LogP) is 0.840. The van der Waals surface area contributed by atoms with E-state index < -0.39 is 10.0 Å². The van der Waals surface area contributed by atoms with E-state index in [4.69, 9.17) is 4.42 Å². The van der Waals surface area contributed by atoms with Crippen molar-refractivity contribution in [3.63, 3.8) is 0 Å². The minimum absolute atomic E-state index is 0.0923. The van der Waals surface area contributed by atoms with Gasteiger partial charge in [-0.3, -0.25) is 9.69 Å². The highest BCUT2D eigenvalue weighted by Crippen LogP contribution is 2.23. The van der Waals surface area contributed by atoms with Gasteiger partial charge >= 0.3 is 0 Å². The fourth-order valence-corrected chi connectivity index (χ4v) is 4.04. The Hall–Kier alpha value is -1.38. The van der Waals surface area contributed by atoms with Crippen LogP contribution in [0.2, 0.25) is 0 Å². The highest BCUT2D eigenvalue weighted by atomic mass is 32.2. The lowest BCUT2D eigenvalue weighted by Gasteiger charge is -2.43. The van der Waals surface area contributed by atoms with E-state index in [9.17, 15) is 13.2 Å². The van der Waals surface area contributed by atoms with Gasteiger partial charge in [0.25, 0.3) is 15.9 Å². The molecule has 0 aromatic carbocycles. The minimum Gasteiger partial charge on any atom is -0.438 e. The summed E-state index contributed by atoms with van der Waals surface area (Å²) in [7, 11) is -0.787.